The molecule has 154 valence electrons. The fourth-order valence-corrected chi connectivity index (χ4v) is 5.44. The van der Waals surface area contributed by atoms with E-state index >= 15 is 0 Å². The van der Waals surface area contributed by atoms with Crippen LogP contribution < -0.4 is 4.90 Å². The molecule has 1 fully saturated rings. The topological polar surface area (TPSA) is 23.5 Å². The van der Waals surface area contributed by atoms with E-state index in [1.54, 1.807) is 0 Å². The molecule has 5 rings (SSSR count). The van der Waals surface area contributed by atoms with Gasteiger partial charge in [0.2, 0.25) is 0 Å². The highest BCUT2D eigenvalue weighted by Gasteiger charge is 2.32. The number of fused-ring (bicyclic) bond motifs is 1. The Morgan fingerprint density at radius 1 is 0.800 bits per heavy atom. The van der Waals surface area contributed by atoms with Crippen LogP contribution in [0.25, 0.3) is 0 Å². The van der Waals surface area contributed by atoms with Crippen molar-refractivity contribution in [3.05, 3.63) is 95.1 Å². The molecular formula is C28H31NO. The zero-order chi connectivity index (χ0) is 20.5. The predicted octanol–water partition coefficient (Wildman–Crippen LogP) is 6.49. The maximum Gasteiger partial charge on any atom is 0.115 e. The molecule has 3 aromatic rings. The lowest BCUT2D eigenvalue weighted by atomic mass is 9.69. The van der Waals surface area contributed by atoms with Gasteiger partial charge in [-0.2, -0.15) is 0 Å². The number of anilines is 1. The standard InChI is InChI=1S/C28H31NO/c1-20-15-17-29(18-16-20)24-10-7-22(8-11-24)28-26(21-5-3-2-4-6-21)13-9-23-19-25(30)12-14-27(23)28/h2-8,10-12,14,19-20,26,28,30H,9,13,15-18H2,1H3. The molecule has 0 saturated carbocycles. The molecule has 3 aromatic carbocycles. The van der Waals surface area contributed by atoms with Gasteiger partial charge in [-0.1, -0.05) is 55.5 Å². The second-order valence-corrected chi connectivity index (χ2v) is 9.18. The fourth-order valence-electron chi connectivity index (χ4n) is 5.44. The summed E-state index contributed by atoms with van der Waals surface area (Å²) in [4.78, 5) is 2.53. The molecule has 2 unspecified atom stereocenters. The van der Waals surface area contributed by atoms with Gasteiger partial charge in [-0.05, 0) is 84.0 Å². The van der Waals surface area contributed by atoms with E-state index in [0.29, 0.717) is 17.6 Å². The highest BCUT2D eigenvalue weighted by molar-refractivity contribution is 5.52. The molecule has 1 aliphatic carbocycles. The Hall–Kier alpha value is -2.74. The van der Waals surface area contributed by atoms with Gasteiger partial charge in [0.05, 0.1) is 0 Å². The van der Waals surface area contributed by atoms with Crippen LogP contribution in [0.5, 0.6) is 5.75 Å². The first-order valence-electron chi connectivity index (χ1n) is 11.4. The third-order valence-electron chi connectivity index (χ3n) is 7.22. The number of phenolic OH excluding ortho intramolecular Hbond substituents is 1. The van der Waals surface area contributed by atoms with Crippen LogP contribution in [-0.2, 0) is 6.42 Å². The van der Waals surface area contributed by atoms with Crippen LogP contribution in [0.3, 0.4) is 0 Å². The number of aromatic hydroxyl groups is 1. The number of rotatable bonds is 3. The van der Waals surface area contributed by atoms with Crippen molar-refractivity contribution >= 4 is 5.69 Å². The number of piperidine rings is 1. The number of nitrogens with zero attached hydrogens (tertiary/aromatic N) is 1. The first kappa shape index (κ1) is 19.2. The highest BCUT2D eigenvalue weighted by atomic mass is 16.3. The Kier molecular flexibility index (Phi) is 5.25. The lowest BCUT2D eigenvalue weighted by Gasteiger charge is -2.35. The van der Waals surface area contributed by atoms with E-state index in [1.807, 2.05) is 12.1 Å². The Labute approximate surface area is 180 Å². The minimum absolute atomic E-state index is 0.326. The molecule has 0 radical (unpaired) electrons. The van der Waals surface area contributed by atoms with Crippen LogP contribution >= 0.6 is 0 Å². The second kappa shape index (κ2) is 8.18. The summed E-state index contributed by atoms with van der Waals surface area (Å²) in [5.41, 5.74) is 6.80. The molecule has 2 nitrogen and oxygen atoms in total. The fraction of sp³-hybridized carbons (Fsp3) is 0.357. The van der Waals surface area contributed by atoms with Gasteiger partial charge < -0.3 is 10.0 Å². The minimum Gasteiger partial charge on any atom is -0.508 e. The lowest BCUT2D eigenvalue weighted by molar-refractivity contribution is 0.438. The average molecular weight is 398 g/mol. The van der Waals surface area contributed by atoms with Gasteiger partial charge in [-0.25, -0.2) is 0 Å². The average Bonchev–Trinajstić information content (AvgIpc) is 2.79. The van der Waals surface area contributed by atoms with Gasteiger partial charge in [0.1, 0.15) is 5.75 Å². The summed E-state index contributed by atoms with van der Waals surface area (Å²) in [5, 5.41) is 10.0. The molecule has 2 heteroatoms. The summed E-state index contributed by atoms with van der Waals surface area (Å²) in [6, 6.07) is 26.2. The summed E-state index contributed by atoms with van der Waals surface area (Å²) in [7, 11) is 0. The normalized spacial score (nSPS) is 22.0. The maximum atomic E-state index is 10.0. The third kappa shape index (κ3) is 3.71. The van der Waals surface area contributed by atoms with Crippen molar-refractivity contribution in [2.75, 3.05) is 18.0 Å². The molecule has 0 bridgehead atoms. The highest BCUT2D eigenvalue weighted by Crippen LogP contribution is 2.47. The first-order valence-corrected chi connectivity index (χ1v) is 11.4. The van der Waals surface area contributed by atoms with Crippen LogP contribution in [0.15, 0.2) is 72.8 Å². The van der Waals surface area contributed by atoms with Crippen LogP contribution in [0.2, 0.25) is 0 Å². The molecule has 1 saturated heterocycles. The Morgan fingerprint density at radius 2 is 1.53 bits per heavy atom. The van der Waals surface area contributed by atoms with Crippen molar-refractivity contribution in [3.8, 4) is 5.75 Å². The van der Waals surface area contributed by atoms with Crippen molar-refractivity contribution in [3.63, 3.8) is 0 Å². The summed E-state index contributed by atoms with van der Waals surface area (Å²) < 4.78 is 0. The van der Waals surface area contributed by atoms with Crippen molar-refractivity contribution in [2.24, 2.45) is 5.92 Å². The van der Waals surface area contributed by atoms with Crippen LogP contribution in [0.4, 0.5) is 5.69 Å². The van der Waals surface area contributed by atoms with Crippen molar-refractivity contribution in [1.29, 1.82) is 0 Å². The molecular weight excluding hydrogens is 366 g/mol. The van der Waals surface area contributed by atoms with E-state index in [2.05, 4.69) is 72.5 Å². The number of hydrogen-bond acceptors (Lipinski definition) is 2. The van der Waals surface area contributed by atoms with E-state index in [9.17, 15) is 5.11 Å². The van der Waals surface area contributed by atoms with Crippen molar-refractivity contribution in [1.82, 2.24) is 0 Å². The monoisotopic (exact) mass is 397 g/mol. The molecule has 1 aliphatic heterocycles. The lowest BCUT2D eigenvalue weighted by Crippen LogP contribution is -2.32. The van der Waals surface area contributed by atoms with Crippen LogP contribution in [0.1, 0.15) is 60.3 Å². The zero-order valence-electron chi connectivity index (χ0n) is 17.8. The largest absolute Gasteiger partial charge is 0.508 e. The van der Waals surface area contributed by atoms with Crippen LogP contribution in [-0.4, -0.2) is 18.2 Å². The van der Waals surface area contributed by atoms with E-state index in [-0.39, 0.29) is 0 Å². The summed E-state index contributed by atoms with van der Waals surface area (Å²) in [5.74, 6) is 2.01. The number of hydrogen-bond donors (Lipinski definition) is 1. The molecule has 2 atom stereocenters. The molecule has 1 N–H and O–H groups in total. The smallest absolute Gasteiger partial charge is 0.115 e. The SMILES string of the molecule is CC1CCN(c2ccc(C3c4ccc(O)cc4CCC3c3ccccc3)cc2)CC1. The maximum absolute atomic E-state index is 10.0. The summed E-state index contributed by atoms with van der Waals surface area (Å²) in [6.07, 6.45) is 4.70. The van der Waals surface area contributed by atoms with Crippen molar-refractivity contribution < 1.29 is 5.11 Å². The summed E-state index contributed by atoms with van der Waals surface area (Å²) >= 11 is 0. The number of phenols is 1. The van der Waals surface area contributed by atoms with Gasteiger partial charge >= 0.3 is 0 Å². The number of benzene rings is 3. The van der Waals surface area contributed by atoms with E-state index < -0.39 is 0 Å². The van der Waals surface area contributed by atoms with E-state index in [0.717, 1.165) is 18.8 Å². The molecule has 0 spiro atoms. The van der Waals surface area contributed by atoms with Crippen LogP contribution in [0, 0.1) is 5.92 Å². The molecule has 1 heterocycles. The Bertz CT molecular complexity index is 987. The van der Waals surface area contributed by atoms with Gasteiger partial charge in [0, 0.05) is 24.7 Å². The Morgan fingerprint density at radius 3 is 2.27 bits per heavy atom. The first-order chi connectivity index (χ1) is 14.7. The predicted molar refractivity (Wildman–Crippen MR) is 125 cm³/mol. The molecule has 30 heavy (non-hydrogen) atoms. The second-order valence-electron chi connectivity index (χ2n) is 9.18. The van der Waals surface area contributed by atoms with E-state index in [1.165, 1.54) is 53.9 Å². The van der Waals surface area contributed by atoms with Gasteiger partial charge in [-0.15, -0.1) is 0 Å². The van der Waals surface area contributed by atoms with Gasteiger partial charge in [0.15, 0.2) is 0 Å². The number of aryl methyl sites for hydroxylation is 1. The summed E-state index contributed by atoms with van der Waals surface area (Å²) in [6.45, 7) is 4.69. The molecule has 0 aromatic heterocycles. The molecule has 2 aliphatic rings. The third-order valence-corrected chi connectivity index (χ3v) is 7.22. The Balaban J connectivity index is 1.50. The zero-order valence-corrected chi connectivity index (χ0v) is 17.8. The van der Waals surface area contributed by atoms with Crippen molar-refractivity contribution in [2.45, 2.75) is 44.4 Å². The van der Waals surface area contributed by atoms with Gasteiger partial charge in [0.25, 0.3) is 0 Å². The minimum atomic E-state index is 0.326. The quantitative estimate of drug-likeness (QED) is 0.546. The van der Waals surface area contributed by atoms with Gasteiger partial charge in [-0.3, -0.25) is 0 Å². The van der Waals surface area contributed by atoms with E-state index in [4.69, 9.17) is 0 Å². The molecule has 0 amide bonds.